The summed E-state index contributed by atoms with van der Waals surface area (Å²) in [5, 5.41) is 3.87. The van der Waals surface area contributed by atoms with Crippen LogP contribution >= 0.6 is 34.8 Å². The largest absolute Gasteiger partial charge is 0.354 e. The van der Waals surface area contributed by atoms with Crippen molar-refractivity contribution in [2.75, 3.05) is 17.4 Å². The van der Waals surface area contributed by atoms with Crippen molar-refractivity contribution in [3.05, 3.63) is 93.4 Å². The molecular formula is C29H32Cl3N3O4S. The topological polar surface area (TPSA) is 86.8 Å². The average molecular weight is 625 g/mol. The molecule has 1 N–H and O–H groups in total. The fourth-order valence-corrected chi connectivity index (χ4v) is 6.07. The van der Waals surface area contributed by atoms with Gasteiger partial charge < -0.3 is 10.2 Å². The van der Waals surface area contributed by atoms with Crippen LogP contribution in [0, 0.1) is 0 Å². The zero-order valence-corrected chi connectivity index (χ0v) is 25.4. The molecule has 0 aliphatic carbocycles. The van der Waals surface area contributed by atoms with Crippen LogP contribution < -0.4 is 9.62 Å². The summed E-state index contributed by atoms with van der Waals surface area (Å²) in [7, 11) is -4.17. The van der Waals surface area contributed by atoms with Crippen LogP contribution in [0.4, 0.5) is 5.69 Å². The molecule has 0 aliphatic rings. The summed E-state index contributed by atoms with van der Waals surface area (Å²) >= 11 is 18.5. The first kappa shape index (κ1) is 31.7. The second-order valence-corrected chi connectivity index (χ2v) is 12.3. The van der Waals surface area contributed by atoms with Crippen LogP contribution in [0.2, 0.25) is 15.1 Å². The van der Waals surface area contributed by atoms with Crippen LogP contribution in [0.3, 0.4) is 0 Å². The van der Waals surface area contributed by atoms with Crippen LogP contribution in [0.25, 0.3) is 0 Å². The minimum atomic E-state index is -4.17. The highest BCUT2D eigenvalue weighted by atomic mass is 35.5. The average Bonchev–Trinajstić information content (AvgIpc) is 2.94. The molecule has 40 heavy (non-hydrogen) atoms. The van der Waals surface area contributed by atoms with E-state index < -0.39 is 28.5 Å². The predicted molar refractivity (Wildman–Crippen MR) is 161 cm³/mol. The second-order valence-electron chi connectivity index (χ2n) is 9.14. The maximum atomic E-state index is 14.0. The van der Waals surface area contributed by atoms with Gasteiger partial charge in [-0.2, -0.15) is 0 Å². The van der Waals surface area contributed by atoms with E-state index in [1.807, 2.05) is 6.92 Å². The fourth-order valence-electron chi connectivity index (χ4n) is 4.14. The standard InChI is InChI=1S/C29H32Cl3N3O4S/c1-3-5-16-33-29(37)27(4-2)34(19-21-14-15-25(31)26(32)17-21)28(36)20-35(23-11-9-10-22(30)18-23)40(38,39)24-12-7-6-8-13-24/h6-15,17-18,27H,3-5,16,19-20H2,1-2H3,(H,33,37)/t27-/m1/s1. The van der Waals surface area contributed by atoms with E-state index in [1.54, 1.807) is 61.5 Å². The molecule has 0 aromatic heterocycles. The highest BCUT2D eigenvalue weighted by Crippen LogP contribution is 2.28. The van der Waals surface area contributed by atoms with E-state index in [0.717, 1.165) is 17.1 Å². The Hall–Kier alpha value is -2.78. The number of amides is 2. The summed E-state index contributed by atoms with van der Waals surface area (Å²) in [6, 6.07) is 18.2. The Bertz CT molecular complexity index is 1420. The number of nitrogens with one attached hydrogen (secondary N) is 1. The Kier molecular flexibility index (Phi) is 11.7. The quantitative estimate of drug-likeness (QED) is 0.218. The Morgan fingerprint density at radius 3 is 2.25 bits per heavy atom. The van der Waals surface area contributed by atoms with E-state index in [0.29, 0.717) is 33.6 Å². The first-order chi connectivity index (χ1) is 19.1. The van der Waals surface area contributed by atoms with Gasteiger partial charge in [0.1, 0.15) is 12.6 Å². The highest BCUT2D eigenvalue weighted by molar-refractivity contribution is 7.92. The molecule has 11 heteroatoms. The summed E-state index contributed by atoms with van der Waals surface area (Å²) in [6.07, 6.45) is 2.00. The van der Waals surface area contributed by atoms with E-state index in [9.17, 15) is 18.0 Å². The smallest absolute Gasteiger partial charge is 0.264 e. The van der Waals surface area contributed by atoms with Crippen molar-refractivity contribution in [2.24, 2.45) is 0 Å². The van der Waals surface area contributed by atoms with Gasteiger partial charge in [-0.15, -0.1) is 0 Å². The van der Waals surface area contributed by atoms with Gasteiger partial charge >= 0.3 is 0 Å². The summed E-state index contributed by atoms with van der Waals surface area (Å²) in [5.41, 5.74) is 0.863. The summed E-state index contributed by atoms with van der Waals surface area (Å²) < 4.78 is 28.6. The summed E-state index contributed by atoms with van der Waals surface area (Å²) in [6.45, 7) is 3.75. The second kappa shape index (κ2) is 14.7. The molecule has 0 spiro atoms. The number of rotatable bonds is 13. The number of halogens is 3. The third-order valence-electron chi connectivity index (χ3n) is 6.26. The van der Waals surface area contributed by atoms with Crippen molar-refractivity contribution < 1.29 is 18.0 Å². The summed E-state index contributed by atoms with van der Waals surface area (Å²) in [4.78, 5) is 28.7. The lowest BCUT2D eigenvalue weighted by molar-refractivity contribution is -0.140. The van der Waals surface area contributed by atoms with E-state index >= 15 is 0 Å². The fraction of sp³-hybridized carbons (Fsp3) is 0.310. The maximum Gasteiger partial charge on any atom is 0.264 e. The van der Waals surface area contributed by atoms with Gasteiger partial charge in [-0.05, 0) is 60.9 Å². The van der Waals surface area contributed by atoms with E-state index in [1.165, 1.54) is 23.1 Å². The van der Waals surface area contributed by atoms with Gasteiger partial charge in [-0.1, -0.05) is 85.4 Å². The van der Waals surface area contributed by atoms with Gasteiger partial charge in [0, 0.05) is 18.1 Å². The molecule has 0 saturated heterocycles. The molecule has 3 aromatic carbocycles. The number of carbonyl (C=O) groups excluding carboxylic acids is 2. The molecule has 0 radical (unpaired) electrons. The van der Waals surface area contributed by atoms with Gasteiger partial charge in [0.25, 0.3) is 10.0 Å². The number of carbonyl (C=O) groups is 2. The number of unbranched alkanes of at least 4 members (excludes halogenated alkanes) is 1. The van der Waals surface area contributed by atoms with E-state index in [4.69, 9.17) is 34.8 Å². The highest BCUT2D eigenvalue weighted by Gasteiger charge is 2.33. The molecule has 214 valence electrons. The van der Waals surface area contributed by atoms with Gasteiger partial charge in [-0.3, -0.25) is 13.9 Å². The normalized spacial score (nSPS) is 12.0. The monoisotopic (exact) mass is 623 g/mol. The molecule has 0 heterocycles. The molecule has 0 saturated carbocycles. The van der Waals surface area contributed by atoms with Crippen molar-refractivity contribution in [3.63, 3.8) is 0 Å². The van der Waals surface area contributed by atoms with Gasteiger partial charge in [0.2, 0.25) is 11.8 Å². The lowest BCUT2D eigenvalue weighted by Gasteiger charge is -2.33. The number of benzene rings is 3. The van der Waals surface area contributed by atoms with Crippen LogP contribution in [-0.4, -0.2) is 44.3 Å². The van der Waals surface area contributed by atoms with Crippen LogP contribution in [0.1, 0.15) is 38.7 Å². The first-order valence-corrected chi connectivity index (χ1v) is 15.5. The number of hydrogen-bond acceptors (Lipinski definition) is 4. The van der Waals surface area contributed by atoms with Crippen LogP contribution in [-0.2, 0) is 26.2 Å². The Labute approximate surface area is 251 Å². The SMILES string of the molecule is CCCCNC(=O)[C@@H](CC)N(Cc1ccc(Cl)c(Cl)c1)C(=O)CN(c1cccc(Cl)c1)S(=O)(=O)c1ccccc1. The van der Waals surface area contributed by atoms with Gasteiger partial charge in [0.05, 0.1) is 20.6 Å². The van der Waals surface area contributed by atoms with E-state index in [2.05, 4.69) is 5.32 Å². The molecule has 0 unspecified atom stereocenters. The number of nitrogens with zero attached hydrogens (tertiary/aromatic N) is 2. The Balaban J connectivity index is 2.04. The molecule has 3 aromatic rings. The minimum Gasteiger partial charge on any atom is -0.354 e. The Morgan fingerprint density at radius 2 is 1.62 bits per heavy atom. The van der Waals surface area contributed by atoms with E-state index in [-0.39, 0.29) is 23.0 Å². The minimum absolute atomic E-state index is 0.0168. The molecule has 7 nitrogen and oxygen atoms in total. The lowest BCUT2D eigenvalue weighted by Crippen LogP contribution is -2.52. The number of anilines is 1. The first-order valence-electron chi connectivity index (χ1n) is 12.9. The van der Waals surface area contributed by atoms with Gasteiger partial charge in [0.15, 0.2) is 0 Å². The molecule has 0 aliphatic heterocycles. The van der Waals surface area contributed by atoms with Crippen molar-refractivity contribution >= 4 is 62.3 Å². The summed E-state index contributed by atoms with van der Waals surface area (Å²) in [5.74, 6) is -0.882. The zero-order valence-electron chi connectivity index (χ0n) is 22.3. The molecule has 1 atom stereocenters. The van der Waals surface area contributed by atoms with Crippen molar-refractivity contribution in [1.29, 1.82) is 0 Å². The number of sulfonamides is 1. The third-order valence-corrected chi connectivity index (χ3v) is 9.02. The van der Waals surface area contributed by atoms with Crippen molar-refractivity contribution in [2.45, 2.75) is 50.6 Å². The maximum absolute atomic E-state index is 14.0. The van der Waals surface area contributed by atoms with Crippen molar-refractivity contribution in [1.82, 2.24) is 10.2 Å². The molecule has 0 fully saturated rings. The molecular weight excluding hydrogens is 593 g/mol. The molecule has 3 rings (SSSR count). The zero-order chi connectivity index (χ0) is 29.3. The molecule has 0 bridgehead atoms. The van der Waals surface area contributed by atoms with Gasteiger partial charge in [-0.25, -0.2) is 8.42 Å². The molecule has 2 amide bonds. The lowest BCUT2D eigenvalue weighted by atomic mass is 10.1. The predicted octanol–water partition coefficient (Wildman–Crippen LogP) is 6.57. The number of hydrogen-bond donors (Lipinski definition) is 1. The third kappa shape index (κ3) is 8.13. The van der Waals surface area contributed by atoms with Crippen LogP contribution in [0.15, 0.2) is 77.7 Å². The van der Waals surface area contributed by atoms with Crippen molar-refractivity contribution in [3.8, 4) is 0 Å². The Morgan fingerprint density at radius 1 is 0.900 bits per heavy atom. The van der Waals surface area contributed by atoms with Crippen LogP contribution in [0.5, 0.6) is 0 Å².